The van der Waals surface area contributed by atoms with Gasteiger partial charge in [0.15, 0.2) is 18.5 Å². The van der Waals surface area contributed by atoms with Crippen molar-refractivity contribution in [2.45, 2.75) is 24.5 Å². The molecule has 0 bridgehead atoms. The third kappa shape index (κ3) is 3.99. The molecule has 3 rings (SSSR count). The number of aliphatic hydroxyl groups excluding tert-OH is 3. The summed E-state index contributed by atoms with van der Waals surface area (Å²) in [6.07, 6.45) is -0.0597. The van der Waals surface area contributed by atoms with Gasteiger partial charge in [0.05, 0.1) is 19.3 Å². The molecular weight excluding hydrogens is 370 g/mol. The Morgan fingerprint density at radius 3 is 2.64 bits per heavy atom. The summed E-state index contributed by atoms with van der Waals surface area (Å²) in [5, 5.41) is 31.8. The molecule has 2 aromatic heterocycles. The second-order valence-electron chi connectivity index (χ2n) is 6.15. The molecule has 0 saturated carbocycles. The van der Waals surface area contributed by atoms with Crippen molar-refractivity contribution in [2.75, 3.05) is 19.0 Å². The molecule has 148 valence electrons. The quantitative estimate of drug-likeness (QED) is 0.377. The summed E-state index contributed by atoms with van der Waals surface area (Å²) >= 11 is 0. The number of nitrogens with one attached hydrogen (secondary N) is 1. The summed E-state index contributed by atoms with van der Waals surface area (Å²) in [5.74, 6) is -0.770. The maximum absolute atomic E-state index is 12.5. The number of nitrogens with zero attached hydrogens (tertiary/aromatic N) is 2. The van der Waals surface area contributed by atoms with E-state index in [1.54, 1.807) is 18.3 Å². The SMILES string of the molecule is COC(=O)c1ccc(NC(=O)c2ccc[n+]([C@@H]3O[C@H](CO)[C@@H](O)[C@H]3O)c2)nc1. The molecule has 10 heteroatoms. The van der Waals surface area contributed by atoms with Gasteiger partial charge in [-0.05, 0) is 18.2 Å². The summed E-state index contributed by atoms with van der Waals surface area (Å²) in [6, 6.07) is 6.07. The van der Waals surface area contributed by atoms with Gasteiger partial charge in [0, 0.05) is 12.3 Å². The maximum atomic E-state index is 12.5. The van der Waals surface area contributed by atoms with E-state index in [2.05, 4.69) is 15.0 Å². The van der Waals surface area contributed by atoms with Crippen LogP contribution in [-0.4, -0.2) is 64.2 Å². The smallest absolute Gasteiger partial charge is 0.339 e. The first-order valence-corrected chi connectivity index (χ1v) is 8.43. The van der Waals surface area contributed by atoms with Crippen molar-refractivity contribution in [1.82, 2.24) is 4.98 Å². The zero-order valence-electron chi connectivity index (χ0n) is 14.9. The van der Waals surface area contributed by atoms with E-state index in [1.165, 1.54) is 36.2 Å². The first-order valence-electron chi connectivity index (χ1n) is 8.43. The van der Waals surface area contributed by atoms with Gasteiger partial charge in [0.1, 0.15) is 23.6 Å². The minimum absolute atomic E-state index is 0.237. The lowest BCUT2D eigenvalue weighted by atomic mass is 10.1. The maximum Gasteiger partial charge on any atom is 0.339 e. The zero-order chi connectivity index (χ0) is 20.3. The summed E-state index contributed by atoms with van der Waals surface area (Å²) in [5.41, 5.74) is 0.501. The number of esters is 1. The summed E-state index contributed by atoms with van der Waals surface area (Å²) in [6.45, 7) is -0.442. The van der Waals surface area contributed by atoms with Gasteiger partial charge >= 0.3 is 5.97 Å². The number of methoxy groups -OCH3 is 1. The Kier molecular flexibility index (Phi) is 5.95. The average Bonchev–Trinajstić information content (AvgIpc) is 3.02. The Balaban J connectivity index is 1.73. The van der Waals surface area contributed by atoms with Gasteiger partial charge in [-0.15, -0.1) is 0 Å². The molecule has 0 aromatic carbocycles. The van der Waals surface area contributed by atoms with E-state index in [-0.39, 0.29) is 16.9 Å². The van der Waals surface area contributed by atoms with Crippen molar-refractivity contribution >= 4 is 17.7 Å². The standard InChI is InChI=1S/C18H19N3O7/c1-27-18(26)10-4-5-13(19-7-10)20-16(25)11-3-2-6-21(8-11)17-15(24)14(23)12(9-22)28-17/h2-8,12,14-15,17,22-24H,9H2,1H3/p+1/t12-,14-,15-,17-/m1/s1. The fraction of sp³-hybridized carbons (Fsp3) is 0.333. The molecule has 0 radical (unpaired) electrons. The van der Waals surface area contributed by atoms with E-state index < -0.39 is 43.0 Å². The molecule has 1 aliphatic heterocycles. The molecule has 0 unspecified atom stereocenters. The van der Waals surface area contributed by atoms with E-state index in [0.717, 1.165) is 0 Å². The number of rotatable bonds is 5. The minimum atomic E-state index is -1.26. The predicted octanol–water partition coefficient (Wildman–Crippen LogP) is -0.981. The van der Waals surface area contributed by atoms with Crippen LogP contribution in [0.2, 0.25) is 0 Å². The second-order valence-corrected chi connectivity index (χ2v) is 6.15. The molecule has 1 aliphatic rings. The van der Waals surface area contributed by atoms with Crippen LogP contribution in [0.5, 0.6) is 0 Å². The number of anilines is 1. The number of aromatic nitrogens is 2. The molecule has 4 atom stereocenters. The van der Waals surface area contributed by atoms with Crippen LogP contribution in [0.25, 0.3) is 0 Å². The highest BCUT2D eigenvalue weighted by atomic mass is 16.6. The van der Waals surface area contributed by atoms with Crippen LogP contribution in [0.3, 0.4) is 0 Å². The number of ether oxygens (including phenoxy) is 2. The third-order valence-electron chi connectivity index (χ3n) is 4.32. The highest BCUT2D eigenvalue weighted by Crippen LogP contribution is 2.25. The number of amides is 1. The van der Waals surface area contributed by atoms with Crippen LogP contribution < -0.4 is 9.88 Å². The zero-order valence-corrected chi connectivity index (χ0v) is 14.9. The van der Waals surface area contributed by atoms with Crippen molar-refractivity contribution in [3.8, 4) is 0 Å². The largest absolute Gasteiger partial charge is 0.465 e. The number of hydrogen-bond acceptors (Lipinski definition) is 8. The molecule has 1 fully saturated rings. The van der Waals surface area contributed by atoms with Crippen molar-refractivity contribution < 1.29 is 38.9 Å². The van der Waals surface area contributed by atoms with Gasteiger partial charge in [-0.2, -0.15) is 4.57 Å². The Labute approximate surface area is 160 Å². The lowest BCUT2D eigenvalue weighted by Gasteiger charge is -2.10. The monoisotopic (exact) mass is 390 g/mol. The van der Waals surface area contributed by atoms with E-state index in [0.29, 0.717) is 0 Å². The molecule has 0 spiro atoms. The number of pyridine rings is 2. The minimum Gasteiger partial charge on any atom is -0.465 e. The number of carbonyl (C=O) groups is 2. The van der Waals surface area contributed by atoms with E-state index >= 15 is 0 Å². The van der Waals surface area contributed by atoms with Crippen LogP contribution >= 0.6 is 0 Å². The summed E-state index contributed by atoms with van der Waals surface area (Å²) in [4.78, 5) is 27.9. The Morgan fingerprint density at radius 2 is 2.04 bits per heavy atom. The molecule has 2 aromatic rings. The highest BCUT2D eigenvalue weighted by molar-refractivity contribution is 6.03. The molecule has 3 heterocycles. The van der Waals surface area contributed by atoms with Gasteiger partial charge in [0.2, 0.25) is 0 Å². The van der Waals surface area contributed by atoms with Crippen LogP contribution in [0.1, 0.15) is 26.9 Å². The summed E-state index contributed by atoms with van der Waals surface area (Å²) < 4.78 is 11.5. The lowest BCUT2D eigenvalue weighted by molar-refractivity contribution is -0.765. The lowest BCUT2D eigenvalue weighted by Crippen LogP contribution is -2.46. The van der Waals surface area contributed by atoms with Crippen LogP contribution in [0, 0.1) is 0 Å². The summed E-state index contributed by atoms with van der Waals surface area (Å²) in [7, 11) is 1.26. The van der Waals surface area contributed by atoms with E-state index in [4.69, 9.17) is 4.74 Å². The first-order chi connectivity index (χ1) is 13.4. The van der Waals surface area contributed by atoms with Crippen molar-refractivity contribution in [3.05, 3.63) is 54.0 Å². The molecule has 1 amide bonds. The molecule has 0 aliphatic carbocycles. The van der Waals surface area contributed by atoms with Gasteiger partial charge < -0.3 is 30.1 Å². The fourth-order valence-electron chi connectivity index (χ4n) is 2.81. The number of carbonyl (C=O) groups excluding carboxylic acids is 2. The fourth-order valence-corrected chi connectivity index (χ4v) is 2.81. The molecule has 10 nitrogen and oxygen atoms in total. The molecule has 28 heavy (non-hydrogen) atoms. The average molecular weight is 390 g/mol. The third-order valence-corrected chi connectivity index (χ3v) is 4.32. The Bertz CT molecular complexity index is 859. The van der Waals surface area contributed by atoms with Gasteiger partial charge in [-0.1, -0.05) is 0 Å². The van der Waals surface area contributed by atoms with Crippen LogP contribution in [-0.2, 0) is 9.47 Å². The first kappa shape index (κ1) is 19.8. The normalized spacial score (nSPS) is 24.0. The van der Waals surface area contributed by atoms with Crippen molar-refractivity contribution in [1.29, 1.82) is 0 Å². The Morgan fingerprint density at radius 1 is 1.25 bits per heavy atom. The van der Waals surface area contributed by atoms with Crippen molar-refractivity contribution in [2.24, 2.45) is 0 Å². The number of aliphatic hydroxyl groups is 3. The van der Waals surface area contributed by atoms with Gasteiger partial charge in [-0.3, -0.25) is 4.79 Å². The Hall–Kier alpha value is -2.92. The van der Waals surface area contributed by atoms with Gasteiger partial charge in [-0.25, -0.2) is 9.78 Å². The van der Waals surface area contributed by atoms with Crippen molar-refractivity contribution in [3.63, 3.8) is 0 Å². The molecule has 1 saturated heterocycles. The van der Waals surface area contributed by atoms with Crippen LogP contribution in [0.4, 0.5) is 5.82 Å². The topological polar surface area (TPSA) is 142 Å². The van der Waals surface area contributed by atoms with E-state index in [1.807, 2.05) is 0 Å². The molecule has 4 N–H and O–H groups in total. The predicted molar refractivity (Wildman–Crippen MR) is 93.2 cm³/mol. The second kappa shape index (κ2) is 8.40. The molecular formula is C18H20N3O7+. The van der Waals surface area contributed by atoms with E-state index in [9.17, 15) is 24.9 Å². The van der Waals surface area contributed by atoms with Gasteiger partial charge in [0.25, 0.3) is 12.1 Å². The van der Waals surface area contributed by atoms with Crippen LogP contribution in [0.15, 0.2) is 42.9 Å². The highest BCUT2D eigenvalue weighted by Gasteiger charge is 2.48. The number of hydrogen-bond donors (Lipinski definition) is 4.